The second-order valence-electron chi connectivity index (χ2n) is 6.35. The number of hydrogen-bond acceptors (Lipinski definition) is 3. The maximum Gasteiger partial charge on any atom is 0.319 e. The first-order chi connectivity index (χ1) is 11.0. The van der Waals surface area contributed by atoms with Crippen LogP contribution in [0.4, 0.5) is 16.2 Å². The van der Waals surface area contributed by atoms with Gasteiger partial charge in [-0.15, -0.1) is 0 Å². The highest BCUT2D eigenvalue weighted by molar-refractivity contribution is 5.94. The predicted molar refractivity (Wildman–Crippen MR) is 92.2 cm³/mol. The van der Waals surface area contributed by atoms with E-state index >= 15 is 0 Å². The van der Waals surface area contributed by atoms with Crippen LogP contribution in [0, 0.1) is 11.8 Å². The number of nitrogens with one attached hydrogen (secondary N) is 3. The van der Waals surface area contributed by atoms with Gasteiger partial charge in [-0.25, -0.2) is 4.79 Å². The summed E-state index contributed by atoms with van der Waals surface area (Å²) in [5.41, 5.74) is 7.14. The van der Waals surface area contributed by atoms with E-state index in [4.69, 9.17) is 5.73 Å². The molecule has 2 rings (SSSR count). The Morgan fingerprint density at radius 1 is 1.13 bits per heavy atom. The average molecular weight is 318 g/mol. The molecule has 1 aliphatic rings. The number of benzene rings is 1. The zero-order valence-electron chi connectivity index (χ0n) is 13.8. The number of urea groups is 1. The molecule has 0 radical (unpaired) electrons. The SMILES string of the molecule is CC(C)NC(=O)Nc1ccc(NC(=O)[C@@H]2CCC[C@@H]2CN)cc1. The molecule has 1 fully saturated rings. The Hall–Kier alpha value is -2.08. The van der Waals surface area contributed by atoms with Gasteiger partial charge in [0.25, 0.3) is 0 Å². The summed E-state index contributed by atoms with van der Waals surface area (Å²) in [6.07, 6.45) is 3.00. The van der Waals surface area contributed by atoms with Crippen LogP contribution in [0.3, 0.4) is 0 Å². The third kappa shape index (κ3) is 4.96. The van der Waals surface area contributed by atoms with Crippen molar-refractivity contribution in [2.75, 3.05) is 17.2 Å². The molecule has 6 nitrogen and oxygen atoms in total. The number of amides is 3. The van der Waals surface area contributed by atoms with E-state index in [9.17, 15) is 9.59 Å². The van der Waals surface area contributed by atoms with E-state index in [1.54, 1.807) is 24.3 Å². The van der Waals surface area contributed by atoms with Gasteiger partial charge in [-0.3, -0.25) is 4.79 Å². The lowest BCUT2D eigenvalue weighted by molar-refractivity contribution is -0.120. The molecule has 3 amide bonds. The molecule has 0 unspecified atom stereocenters. The highest BCUT2D eigenvalue weighted by Crippen LogP contribution is 2.31. The Labute approximate surface area is 137 Å². The highest BCUT2D eigenvalue weighted by Gasteiger charge is 2.31. The minimum absolute atomic E-state index is 0.00891. The van der Waals surface area contributed by atoms with Crippen molar-refractivity contribution in [2.45, 2.75) is 39.2 Å². The van der Waals surface area contributed by atoms with Gasteiger partial charge in [0.1, 0.15) is 0 Å². The summed E-state index contributed by atoms with van der Waals surface area (Å²) < 4.78 is 0. The summed E-state index contributed by atoms with van der Waals surface area (Å²) in [5, 5.41) is 8.44. The van der Waals surface area contributed by atoms with Gasteiger partial charge in [-0.05, 0) is 63.4 Å². The lowest BCUT2D eigenvalue weighted by atomic mass is 9.95. The van der Waals surface area contributed by atoms with Crippen LogP contribution < -0.4 is 21.7 Å². The fourth-order valence-electron chi connectivity index (χ4n) is 2.97. The number of nitrogens with two attached hydrogens (primary N) is 1. The van der Waals surface area contributed by atoms with Crippen molar-refractivity contribution in [3.8, 4) is 0 Å². The summed E-state index contributed by atoms with van der Waals surface area (Å²) in [7, 11) is 0. The molecule has 0 aromatic heterocycles. The molecular formula is C17H26N4O2. The second-order valence-corrected chi connectivity index (χ2v) is 6.35. The summed E-state index contributed by atoms with van der Waals surface area (Å²) in [5.74, 6) is 0.335. The molecule has 1 aromatic rings. The Morgan fingerprint density at radius 3 is 2.30 bits per heavy atom. The first-order valence-corrected chi connectivity index (χ1v) is 8.18. The number of carbonyl (C=O) groups is 2. The fourth-order valence-corrected chi connectivity index (χ4v) is 2.97. The van der Waals surface area contributed by atoms with Crippen molar-refractivity contribution in [1.82, 2.24) is 5.32 Å². The molecule has 23 heavy (non-hydrogen) atoms. The topological polar surface area (TPSA) is 96.2 Å². The number of anilines is 2. The maximum atomic E-state index is 12.3. The average Bonchev–Trinajstić information content (AvgIpc) is 2.97. The van der Waals surface area contributed by atoms with E-state index in [0.29, 0.717) is 12.2 Å². The molecule has 5 N–H and O–H groups in total. The summed E-state index contributed by atoms with van der Waals surface area (Å²) >= 11 is 0. The van der Waals surface area contributed by atoms with Crippen molar-refractivity contribution in [2.24, 2.45) is 17.6 Å². The van der Waals surface area contributed by atoms with Crippen LogP contribution in [0.15, 0.2) is 24.3 Å². The molecule has 1 aromatic carbocycles. The quantitative estimate of drug-likeness (QED) is 0.671. The van der Waals surface area contributed by atoms with E-state index in [2.05, 4.69) is 16.0 Å². The maximum absolute atomic E-state index is 12.3. The van der Waals surface area contributed by atoms with Gasteiger partial charge < -0.3 is 21.7 Å². The standard InChI is InChI=1S/C17H26N4O2/c1-11(2)19-17(23)21-14-8-6-13(7-9-14)20-16(22)15-5-3-4-12(15)10-18/h6-9,11-12,15H,3-5,10,18H2,1-2H3,(H,20,22)(H2,19,21,23)/t12-,15-/m1/s1. The molecule has 126 valence electrons. The van der Waals surface area contributed by atoms with Gasteiger partial charge in [-0.1, -0.05) is 6.42 Å². The van der Waals surface area contributed by atoms with E-state index < -0.39 is 0 Å². The Bertz CT molecular complexity index is 542. The largest absolute Gasteiger partial charge is 0.336 e. The van der Waals surface area contributed by atoms with Crippen molar-refractivity contribution in [1.29, 1.82) is 0 Å². The van der Waals surface area contributed by atoms with Crippen LogP contribution in [-0.4, -0.2) is 24.5 Å². The molecule has 0 heterocycles. The Kier molecular flexibility index (Phi) is 5.98. The molecule has 0 bridgehead atoms. The summed E-state index contributed by atoms with van der Waals surface area (Å²) in [6.45, 7) is 4.36. The zero-order chi connectivity index (χ0) is 16.8. The Balaban J connectivity index is 1.89. The Morgan fingerprint density at radius 2 is 1.74 bits per heavy atom. The molecular weight excluding hydrogens is 292 g/mol. The van der Waals surface area contributed by atoms with Crippen molar-refractivity contribution < 1.29 is 9.59 Å². The highest BCUT2D eigenvalue weighted by atomic mass is 16.2. The first-order valence-electron chi connectivity index (χ1n) is 8.18. The van der Waals surface area contributed by atoms with Gasteiger partial charge >= 0.3 is 6.03 Å². The molecule has 2 atom stereocenters. The van der Waals surface area contributed by atoms with Crippen molar-refractivity contribution >= 4 is 23.3 Å². The van der Waals surface area contributed by atoms with Crippen LogP contribution in [0.2, 0.25) is 0 Å². The van der Waals surface area contributed by atoms with Crippen LogP contribution in [0.25, 0.3) is 0 Å². The molecule has 1 aliphatic carbocycles. The molecule has 6 heteroatoms. The lowest BCUT2D eigenvalue weighted by Gasteiger charge is -2.17. The minimum Gasteiger partial charge on any atom is -0.336 e. The van der Waals surface area contributed by atoms with Gasteiger partial charge in [-0.2, -0.15) is 0 Å². The van der Waals surface area contributed by atoms with Crippen LogP contribution >= 0.6 is 0 Å². The predicted octanol–water partition coefficient (Wildman–Crippen LogP) is 2.53. The molecule has 0 saturated heterocycles. The van der Waals surface area contributed by atoms with E-state index in [1.165, 1.54) is 0 Å². The number of carbonyl (C=O) groups excluding carboxylic acids is 2. The normalized spacial score (nSPS) is 20.3. The van der Waals surface area contributed by atoms with Crippen LogP contribution in [-0.2, 0) is 4.79 Å². The fraction of sp³-hybridized carbons (Fsp3) is 0.529. The van der Waals surface area contributed by atoms with Gasteiger partial charge in [0.05, 0.1) is 0 Å². The van der Waals surface area contributed by atoms with Gasteiger partial charge in [0.2, 0.25) is 5.91 Å². The zero-order valence-corrected chi connectivity index (χ0v) is 13.8. The summed E-state index contributed by atoms with van der Waals surface area (Å²) in [6, 6.07) is 6.95. The summed E-state index contributed by atoms with van der Waals surface area (Å²) in [4.78, 5) is 23.9. The first kappa shape index (κ1) is 17.3. The van der Waals surface area contributed by atoms with Crippen molar-refractivity contribution in [3.63, 3.8) is 0 Å². The second kappa shape index (κ2) is 7.97. The van der Waals surface area contributed by atoms with Gasteiger partial charge in [0.15, 0.2) is 0 Å². The lowest BCUT2D eigenvalue weighted by Crippen LogP contribution is -2.34. The van der Waals surface area contributed by atoms with Crippen molar-refractivity contribution in [3.05, 3.63) is 24.3 Å². The number of hydrogen-bond donors (Lipinski definition) is 4. The number of rotatable bonds is 5. The monoisotopic (exact) mass is 318 g/mol. The third-order valence-electron chi connectivity index (χ3n) is 4.13. The van der Waals surface area contributed by atoms with E-state index in [-0.39, 0.29) is 29.8 Å². The van der Waals surface area contributed by atoms with Crippen LogP contribution in [0.1, 0.15) is 33.1 Å². The molecule has 0 aliphatic heterocycles. The van der Waals surface area contributed by atoms with E-state index in [1.807, 2.05) is 13.8 Å². The third-order valence-corrected chi connectivity index (χ3v) is 4.13. The van der Waals surface area contributed by atoms with Crippen LogP contribution in [0.5, 0.6) is 0 Å². The molecule has 1 saturated carbocycles. The van der Waals surface area contributed by atoms with E-state index in [0.717, 1.165) is 24.9 Å². The van der Waals surface area contributed by atoms with Gasteiger partial charge in [0, 0.05) is 23.3 Å². The molecule has 0 spiro atoms. The smallest absolute Gasteiger partial charge is 0.319 e. The minimum atomic E-state index is -0.242.